The van der Waals surface area contributed by atoms with Crippen LogP contribution in [0.15, 0.2) is 82.0 Å². The number of nitrogens with one attached hydrogen (secondary N) is 2. The molecule has 0 radical (unpaired) electrons. The highest BCUT2D eigenvalue weighted by molar-refractivity contribution is 6.05. The van der Waals surface area contributed by atoms with Crippen LogP contribution in [-0.4, -0.2) is 54.5 Å². The van der Waals surface area contributed by atoms with E-state index in [9.17, 15) is 14.4 Å². The molecule has 5 aromatic rings. The van der Waals surface area contributed by atoms with Gasteiger partial charge in [0.15, 0.2) is 23.0 Å². The van der Waals surface area contributed by atoms with Crippen molar-refractivity contribution in [1.29, 1.82) is 0 Å². The summed E-state index contributed by atoms with van der Waals surface area (Å²) in [6.45, 7) is 0. The molecule has 1 aromatic heterocycles. The summed E-state index contributed by atoms with van der Waals surface area (Å²) in [7, 11) is 9.04. The lowest BCUT2D eigenvalue weighted by molar-refractivity contribution is -0.112. The van der Waals surface area contributed by atoms with E-state index < -0.39 is 11.8 Å². The number of hydrogen-bond donors (Lipinski definition) is 2. The molecule has 0 fully saturated rings. The Bertz CT molecular complexity index is 1970. The summed E-state index contributed by atoms with van der Waals surface area (Å²) in [5.41, 5.74) is 2.43. The Morgan fingerprint density at radius 1 is 0.551 bits per heavy atom. The second-order valence-electron chi connectivity index (χ2n) is 10.4. The molecule has 1 heterocycles. The van der Waals surface area contributed by atoms with Crippen molar-refractivity contribution in [1.82, 2.24) is 0 Å². The Labute approximate surface area is 281 Å². The molecule has 0 bridgehead atoms. The third-order valence-corrected chi connectivity index (χ3v) is 7.43. The molecular weight excluding hydrogens is 632 g/mol. The molecule has 0 saturated carbocycles. The SMILES string of the molecule is COc1cc(/C=C/C(=O)Nc2ccc3oc4ccc(NC(=O)/C=C/c5cc(OC)c(OC)c(OC)c5)cc4c(=O)c3c2)cc(OC)c1OC. The second-order valence-corrected chi connectivity index (χ2v) is 10.4. The first-order chi connectivity index (χ1) is 23.7. The average Bonchev–Trinajstić information content (AvgIpc) is 3.12. The molecule has 2 N–H and O–H groups in total. The van der Waals surface area contributed by atoms with E-state index in [0.717, 1.165) is 0 Å². The summed E-state index contributed by atoms with van der Waals surface area (Å²) >= 11 is 0. The van der Waals surface area contributed by atoms with E-state index in [1.807, 2.05) is 0 Å². The van der Waals surface area contributed by atoms with Crippen molar-refractivity contribution in [2.24, 2.45) is 0 Å². The molecule has 2 amide bonds. The first-order valence-corrected chi connectivity index (χ1v) is 14.8. The van der Waals surface area contributed by atoms with Crippen molar-refractivity contribution in [3.8, 4) is 34.5 Å². The van der Waals surface area contributed by atoms with Crippen molar-refractivity contribution in [2.45, 2.75) is 0 Å². The zero-order valence-electron chi connectivity index (χ0n) is 27.7. The molecule has 0 aliphatic carbocycles. The smallest absolute Gasteiger partial charge is 0.248 e. The third-order valence-electron chi connectivity index (χ3n) is 7.43. The van der Waals surface area contributed by atoms with E-state index in [2.05, 4.69) is 10.6 Å². The van der Waals surface area contributed by atoms with Gasteiger partial charge in [0.05, 0.1) is 53.4 Å². The topological polar surface area (TPSA) is 144 Å². The quantitative estimate of drug-likeness (QED) is 0.115. The minimum atomic E-state index is -0.428. The van der Waals surface area contributed by atoms with Gasteiger partial charge in [0.2, 0.25) is 28.7 Å². The lowest BCUT2D eigenvalue weighted by Crippen LogP contribution is -2.10. The highest BCUT2D eigenvalue weighted by atomic mass is 16.5. The Balaban J connectivity index is 1.34. The molecule has 0 unspecified atom stereocenters. The zero-order valence-corrected chi connectivity index (χ0v) is 27.7. The number of rotatable bonds is 12. The van der Waals surface area contributed by atoms with Crippen molar-refractivity contribution in [2.75, 3.05) is 53.3 Å². The molecule has 5 rings (SSSR count). The van der Waals surface area contributed by atoms with E-state index >= 15 is 0 Å². The van der Waals surface area contributed by atoms with Gasteiger partial charge in [0.1, 0.15) is 11.2 Å². The van der Waals surface area contributed by atoms with Crippen LogP contribution in [0, 0.1) is 0 Å². The van der Waals surface area contributed by atoms with Crippen LogP contribution in [-0.2, 0) is 9.59 Å². The summed E-state index contributed by atoms with van der Waals surface area (Å²) in [4.78, 5) is 39.1. The highest BCUT2D eigenvalue weighted by Crippen LogP contribution is 2.39. The first kappa shape index (κ1) is 33.9. The zero-order chi connectivity index (χ0) is 35.1. The van der Waals surface area contributed by atoms with Gasteiger partial charge < -0.3 is 43.5 Å². The molecule has 252 valence electrons. The van der Waals surface area contributed by atoms with Crippen molar-refractivity contribution < 1.29 is 42.4 Å². The molecule has 0 spiro atoms. The number of carbonyl (C=O) groups excluding carboxylic acids is 2. The van der Waals surface area contributed by atoms with Gasteiger partial charge in [-0.25, -0.2) is 0 Å². The van der Waals surface area contributed by atoms with Crippen LogP contribution in [0.4, 0.5) is 11.4 Å². The Morgan fingerprint density at radius 2 is 0.918 bits per heavy atom. The van der Waals surface area contributed by atoms with Gasteiger partial charge in [0, 0.05) is 23.5 Å². The van der Waals surface area contributed by atoms with E-state index in [1.54, 1.807) is 60.7 Å². The molecule has 12 nitrogen and oxygen atoms in total. The van der Waals surface area contributed by atoms with E-state index in [4.69, 9.17) is 32.8 Å². The maximum atomic E-state index is 13.6. The van der Waals surface area contributed by atoms with Gasteiger partial charge in [0.25, 0.3) is 0 Å². The molecule has 4 aromatic carbocycles. The molecule has 0 atom stereocenters. The monoisotopic (exact) mass is 666 g/mol. The molecule has 0 aliphatic rings. The lowest BCUT2D eigenvalue weighted by atomic mass is 10.1. The predicted octanol–water partition coefficient (Wildman–Crippen LogP) is 6.30. The number of methoxy groups -OCH3 is 6. The van der Waals surface area contributed by atoms with Crippen LogP contribution in [0.5, 0.6) is 34.5 Å². The fourth-order valence-corrected chi connectivity index (χ4v) is 5.12. The summed E-state index contributed by atoms with van der Waals surface area (Å²) in [5.74, 6) is 1.82. The fraction of sp³-hybridized carbons (Fsp3) is 0.162. The summed E-state index contributed by atoms with van der Waals surface area (Å²) in [6, 6.07) is 16.4. The summed E-state index contributed by atoms with van der Waals surface area (Å²) < 4.78 is 38.1. The maximum Gasteiger partial charge on any atom is 0.248 e. The largest absolute Gasteiger partial charge is 0.493 e. The molecule has 0 saturated heterocycles. The number of benzene rings is 4. The third kappa shape index (κ3) is 7.43. The van der Waals surface area contributed by atoms with Crippen LogP contribution in [0.1, 0.15) is 11.1 Å². The molecule has 49 heavy (non-hydrogen) atoms. The standard InChI is InChI=1S/C37H34N2O10/c1-43-29-15-21(16-30(44-2)36(29)47-5)7-13-33(40)38-23-9-11-27-25(19-23)35(42)26-20-24(10-12-28(26)49-27)39-34(41)14-8-22-17-31(45-3)37(48-6)32(18-22)46-4/h7-20H,1-6H3,(H,38,40)(H,39,41)/b13-7+,14-8+. The van der Waals surface area contributed by atoms with Gasteiger partial charge in [-0.05, 0) is 83.9 Å². The van der Waals surface area contributed by atoms with Crippen LogP contribution in [0.3, 0.4) is 0 Å². The average molecular weight is 667 g/mol. The molecular formula is C37H34N2O10. The Morgan fingerprint density at radius 3 is 1.24 bits per heavy atom. The number of anilines is 2. The highest BCUT2D eigenvalue weighted by Gasteiger charge is 2.15. The fourth-order valence-electron chi connectivity index (χ4n) is 5.12. The van der Waals surface area contributed by atoms with Gasteiger partial charge in [-0.3, -0.25) is 14.4 Å². The second kappa shape index (κ2) is 15.0. The number of hydrogen-bond acceptors (Lipinski definition) is 10. The molecule has 12 heteroatoms. The van der Waals surface area contributed by atoms with E-state index in [0.29, 0.717) is 68.2 Å². The van der Waals surface area contributed by atoms with E-state index in [1.165, 1.54) is 66.9 Å². The van der Waals surface area contributed by atoms with Crippen LogP contribution in [0.25, 0.3) is 34.1 Å². The van der Waals surface area contributed by atoms with Crippen LogP contribution < -0.4 is 44.5 Å². The summed E-state index contributed by atoms with van der Waals surface area (Å²) in [5, 5.41) is 6.04. The van der Waals surface area contributed by atoms with Gasteiger partial charge >= 0.3 is 0 Å². The Hall–Kier alpha value is -6.43. The molecule has 0 aliphatic heterocycles. The van der Waals surface area contributed by atoms with Crippen molar-refractivity contribution in [3.05, 3.63) is 94.2 Å². The van der Waals surface area contributed by atoms with Crippen LogP contribution >= 0.6 is 0 Å². The van der Waals surface area contributed by atoms with Crippen molar-refractivity contribution >= 4 is 57.3 Å². The normalized spacial score (nSPS) is 11.1. The maximum absolute atomic E-state index is 13.6. The number of fused-ring (bicyclic) bond motifs is 2. The number of carbonyl (C=O) groups is 2. The number of ether oxygens (including phenoxy) is 6. The van der Waals surface area contributed by atoms with Gasteiger partial charge in [-0.2, -0.15) is 0 Å². The summed E-state index contributed by atoms with van der Waals surface area (Å²) in [6.07, 6.45) is 5.88. The minimum absolute atomic E-state index is 0.254. The van der Waals surface area contributed by atoms with E-state index in [-0.39, 0.29) is 16.2 Å². The van der Waals surface area contributed by atoms with Gasteiger partial charge in [-0.15, -0.1) is 0 Å². The number of amides is 2. The van der Waals surface area contributed by atoms with Gasteiger partial charge in [-0.1, -0.05) is 0 Å². The first-order valence-electron chi connectivity index (χ1n) is 14.8. The van der Waals surface area contributed by atoms with Crippen LogP contribution in [0.2, 0.25) is 0 Å². The van der Waals surface area contributed by atoms with Crippen molar-refractivity contribution in [3.63, 3.8) is 0 Å². The lowest BCUT2D eigenvalue weighted by Gasteiger charge is -2.12. The minimum Gasteiger partial charge on any atom is -0.493 e. The Kier molecular flexibility index (Phi) is 10.4. The predicted molar refractivity (Wildman–Crippen MR) is 188 cm³/mol.